The molecule has 1 fully saturated rings. The Morgan fingerprint density at radius 1 is 1.33 bits per heavy atom. The lowest BCUT2D eigenvalue weighted by molar-refractivity contribution is -0.133. The quantitative estimate of drug-likeness (QED) is 0.820. The van der Waals surface area contributed by atoms with Crippen LogP contribution in [0.15, 0.2) is 24.3 Å². The molecule has 1 aromatic carbocycles. The molecule has 1 aliphatic heterocycles. The van der Waals surface area contributed by atoms with Crippen molar-refractivity contribution in [3.8, 4) is 0 Å². The number of carbonyl (C=O) groups is 2. The van der Waals surface area contributed by atoms with Crippen LogP contribution < -0.4 is 10.0 Å². The summed E-state index contributed by atoms with van der Waals surface area (Å²) in [5.41, 5.74) is 5.35. The molecule has 0 bridgehead atoms. The second kappa shape index (κ2) is 7.16. The summed E-state index contributed by atoms with van der Waals surface area (Å²) in [7, 11) is -3.75. The van der Waals surface area contributed by atoms with Crippen LogP contribution >= 0.6 is 0 Å². The van der Waals surface area contributed by atoms with Crippen molar-refractivity contribution >= 4 is 27.5 Å². The molecule has 0 spiro atoms. The number of hydrogen-bond donors (Lipinski definition) is 1. The first-order valence-electron chi connectivity index (χ1n) is 7.49. The fourth-order valence-electron chi connectivity index (χ4n) is 2.67. The molecule has 1 aromatic rings. The molecule has 0 atom stereocenters. The fraction of sp³-hybridized carbons (Fsp3) is 0.467. The number of anilines is 1. The number of likely N-dealkylation sites (tertiary alicyclic amines) is 1. The topological polar surface area (TPSA) is 101 Å². The first-order valence-corrected chi connectivity index (χ1v) is 9.33. The Balaban J connectivity index is 2.11. The number of halogens is 1. The van der Waals surface area contributed by atoms with Gasteiger partial charge in [0.25, 0.3) is 0 Å². The zero-order valence-corrected chi connectivity index (χ0v) is 14.1. The Bertz CT molecular complexity index is 730. The zero-order chi connectivity index (χ0) is 17.9. The summed E-state index contributed by atoms with van der Waals surface area (Å²) < 4.78 is 38.2. The highest BCUT2D eigenvalue weighted by Crippen LogP contribution is 2.21. The molecule has 0 aromatic heterocycles. The van der Waals surface area contributed by atoms with Crippen LogP contribution in [0.3, 0.4) is 0 Å². The molecule has 24 heavy (non-hydrogen) atoms. The maximum Gasteiger partial charge on any atom is 0.243 e. The highest BCUT2D eigenvalue weighted by atomic mass is 32.2. The third-order valence-corrected chi connectivity index (χ3v) is 5.17. The van der Waals surface area contributed by atoms with E-state index < -0.39 is 28.3 Å². The minimum Gasteiger partial charge on any atom is -0.369 e. The Labute approximate surface area is 140 Å². The zero-order valence-electron chi connectivity index (χ0n) is 13.3. The third kappa shape index (κ3) is 4.44. The van der Waals surface area contributed by atoms with Crippen LogP contribution in [-0.4, -0.2) is 51.0 Å². The predicted molar refractivity (Wildman–Crippen MR) is 87.1 cm³/mol. The number of hydrogen-bond acceptors (Lipinski definition) is 4. The lowest BCUT2D eigenvalue weighted by Crippen LogP contribution is -2.47. The van der Waals surface area contributed by atoms with E-state index >= 15 is 0 Å². The second-order valence-corrected chi connectivity index (χ2v) is 7.71. The van der Waals surface area contributed by atoms with Crippen LogP contribution in [-0.2, 0) is 19.6 Å². The van der Waals surface area contributed by atoms with E-state index in [-0.39, 0.29) is 17.5 Å². The number of nitrogens with two attached hydrogens (primary N) is 1. The van der Waals surface area contributed by atoms with Gasteiger partial charge in [-0.2, -0.15) is 0 Å². The van der Waals surface area contributed by atoms with Crippen LogP contribution in [0.4, 0.5) is 10.1 Å². The normalized spacial score (nSPS) is 16.0. The second-order valence-electron chi connectivity index (χ2n) is 5.81. The molecule has 1 saturated heterocycles. The molecule has 132 valence electrons. The van der Waals surface area contributed by atoms with Crippen LogP contribution in [0.5, 0.6) is 0 Å². The molecule has 1 heterocycles. The molecule has 1 aliphatic rings. The van der Waals surface area contributed by atoms with E-state index in [0.29, 0.717) is 25.9 Å². The van der Waals surface area contributed by atoms with E-state index in [4.69, 9.17) is 5.73 Å². The van der Waals surface area contributed by atoms with E-state index in [2.05, 4.69) is 0 Å². The van der Waals surface area contributed by atoms with Gasteiger partial charge in [-0.1, -0.05) is 6.07 Å². The third-order valence-electron chi connectivity index (χ3n) is 4.03. The molecule has 0 aliphatic carbocycles. The van der Waals surface area contributed by atoms with Crippen molar-refractivity contribution in [2.45, 2.75) is 12.8 Å². The van der Waals surface area contributed by atoms with E-state index in [1.807, 2.05) is 0 Å². The van der Waals surface area contributed by atoms with E-state index in [9.17, 15) is 22.4 Å². The van der Waals surface area contributed by atoms with Crippen molar-refractivity contribution in [2.75, 3.05) is 30.2 Å². The lowest BCUT2D eigenvalue weighted by atomic mass is 9.96. The Morgan fingerprint density at radius 3 is 2.46 bits per heavy atom. The first-order chi connectivity index (χ1) is 11.2. The summed E-state index contributed by atoms with van der Waals surface area (Å²) in [6.45, 7) is 0.268. The average molecular weight is 357 g/mol. The van der Waals surface area contributed by atoms with Crippen molar-refractivity contribution in [3.63, 3.8) is 0 Å². The Kier molecular flexibility index (Phi) is 5.43. The molecule has 2 rings (SSSR count). The summed E-state index contributed by atoms with van der Waals surface area (Å²) in [5.74, 6) is -1.63. The highest BCUT2D eigenvalue weighted by Gasteiger charge is 2.29. The number of benzene rings is 1. The standard InChI is InChI=1S/C15H20FN3O4S/c1-24(22,23)19(13-4-2-3-12(16)9-13)10-14(20)18-7-5-11(6-8-18)15(17)21/h2-4,9,11H,5-8,10H2,1H3,(H2,17,21). The van der Waals surface area contributed by atoms with Gasteiger partial charge in [0.1, 0.15) is 12.4 Å². The predicted octanol–water partition coefficient (Wildman–Crippen LogP) is 0.316. The van der Waals surface area contributed by atoms with Gasteiger partial charge in [0.05, 0.1) is 11.9 Å². The van der Waals surface area contributed by atoms with Crippen molar-refractivity contribution in [1.82, 2.24) is 4.90 Å². The Morgan fingerprint density at radius 2 is 1.96 bits per heavy atom. The van der Waals surface area contributed by atoms with Crippen LogP contribution in [0.25, 0.3) is 0 Å². The van der Waals surface area contributed by atoms with E-state index in [1.54, 1.807) is 0 Å². The number of primary amides is 1. The van der Waals surface area contributed by atoms with Gasteiger partial charge in [0, 0.05) is 19.0 Å². The molecule has 9 heteroatoms. The summed E-state index contributed by atoms with van der Waals surface area (Å²) in [4.78, 5) is 25.0. The monoisotopic (exact) mass is 357 g/mol. The average Bonchev–Trinajstić information content (AvgIpc) is 2.51. The fourth-order valence-corrected chi connectivity index (χ4v) is 3.51. The van der Waals surface area contributed by atoms with Crippen molar-refractivity contribution < 1.29 is 22.4 Å². The Hall–Kier alpha value is -2.16. The molecular formula is C15H20FN3O4S. The number of amides is 2. The molecule has 0 radical (unpaired) electrons. The summed E-state index contributed by atoms with van der Waals surface area (Å²) in [5, 5.41) is 0. The van der Waals surface area contributed by atoms with Crippen molar-refractivity contribution in [1.29, 1.82) is 0 Å². The molecule has 0 unspecified atom stereocenters. The molecule has 2 amide bonds. The minimum absolute atomic E-state index is 0.0953. The molecule has 2 N–H and O–H groups in total. The van der Waals surface area contributed by atoms with Gasteiger partial charge in [-0.05, 0) is 31.0 Å². The van der Waals surface area contributed by atoms with Gasteiger partial charge < -0.3 is 10.6 Å². The highest BCUT2D eigenvalue weighted by molar-refractivity contribution is 7.92. The van der Waals surface area contributed by atoms with Crippen molar-refractivity contribution in [3.05, 3.63) is 30.1 Å². The largest absolute Gasteiger partial charge is 0.369 e. The summed E-state index contributed by atoms with van der Waals surface area (Å²) in [6, 6.07) is 5.07. The van der Waals surface area contributed by atoms with Gasteiger partial charge in [-0.25, -0.2) is 12.8 Å². The van der Waals surface area contributed by atoms with Crippen LogP contribution in [0.1, 0.15) is 12.8 Å². The number of nitrogens with zero attached hydrogens (tertiary/aromatic N) is 2. The van der Waals surface area contributed by atoms with Crippen molar-refractivity contribution in [2.24, 2.45) is 11.7 Å². The molecule has 0 saturated carbocycles. The first kappa shape index (κ1) is 18.2. The summed E-state index contributed by atoms with van der Waals surface area (Å²) in [6.07, 6.45) is 1.88. The van der Waals surface area contributed by atoms with Crippen LogP contribution in [0.2, 0.25) is 0 Å². The number of sulfonamides is 1. The van der Waals surface area contributed by atoms with E-state index in [0.717, 1.165) is 16.6 Å². The molecular weight excluding hydrogens is 337 g/mol. The maximum atomic E-state index is 13.4. The van der Waals surface area contributed by atoms with Gasteiger partial charge in [-0.3, -0.25) is 13.9 Å². The van der Waals surface area contributed by atoms with E-state index in [1.165, 1.54) is 23.1 Å². The van der Waals surface area contributed by atoms with Gasteiger partial charge in [0.2, 0.25) is 21.8 Å². The SMILES string of the molecule is CS(=O)(=O)N(CC(=O)N1CCC(C(N)=O)CC1)c1cccc(F)c1. The smallest absolute Gasteiger partial charge is 0.243 e. The number of rotatable bonds is 5. The number of piperidine rings is 1. The number of carbonyl (C=O) groups excluding carboxylic acids is 2. The van der Waals surface area contributed by atoms with Gasteiger partial charge >= 0.3 is 0 Å². The van der Waals surface area contributed by atoms with Gasteiger partial charge in [-0.15, -0.1) is 0 Å². The van der Waals surface area contributed by atoms with Gasteiger partial charge in [0.15, 0.2) is 0 Å². The lowest BCUT2D eigenvalue weighted by Gasteiger charge is -2.32. The minimum atomic E-state index is -3.75. The molecule has 7 nitrogen and oxygen atoms in total. The summed E-state index contributed by atoms with van der Waals surface area (Å²) >= 11 is 0. The van der Waals surface area contributed by atoms with Crippen LogP contribution in [0, 0.1) is 11.7 Å². The maximum absolute atomic E-state index is 13.4.